The lowest BCUT2D eigenvalue weighted by Gasteiger charge is -2.38. The number of rotatable bonds is 5. The van der Waals surface area contributed by atoms with Crippen molar-refractivity contribution in [1.29, 1.82) is 0 Å². The zero-order valence-corrected chi connectivity index (χ0v) is 16.6. The molecule has 5 rings (SSSR count). The zero-order chi connectivity index (χ0) is 19.8. The first-order chi connectivity index (χ1) is 14.2. The highest BCUT2D eigenvalue weighted by Gasteiger charge is 2.34. The van der Waals surface area contributed by atoms with Crippen molar-refractivity contribution < 1.29 is 9.59 Å². The number of hydrogen-bond acceptors (Lipinski definition) is 6. The molecule has 3 aromatic rings. The summed E-state index contributed by atoms with van der Waals surface area (Å²) in [6, 6.07) is 9.98. The average molecular weight is 408 g/mol. The van der Waals surface area contributed by atoms with Gasteiger partial charge in [-0.1, -0.05) is 35.5 Å². The summed E-state index contributed by atoms with van der Waals surface area (Å²) >= 11 is 1.48. The molecular weight excluding hydrogens is 388 g/mol. The highest BCUT2D eigenvalue weighted by Crippen LogP contribution is 2.27. The first kappa shape index (κ1) is 18.0. The van der Waals surface area contributed by atoms with E-state index in [0.29, 0.717) is 31.7 Å². The molecule has 0 bridgehead atoms. The minimum atomic E-state index is -0.0531. The molecular formula is C20H20N6O2S. The molecule has 2 aliphatic rings. The van der Waals surface area contributed by atoms with Crippen molar-refractivity contribution in [1.82, 2.24) is 29.8 Å². The maximum atomic E-state index is 12.7. The Morgan fingerprint density at radius 1 is 1.21 bits per heavy atom. The third-order valence-corrected chi connectivity index (χ3v) is 6.24. The molecule has 9 heteroatoms. The van der Waals surface area contributed by atoms with Gasteiger partial charge in [-0.3, -0.25) is 9.59 Å². The summed E-state index contributed by atoms with van der Waals surface area (Å²) in [6.45, 7) is 2.47. The fourth-order valence-electron chi connectivity index (χ4n) is 3.67. The first-order valence-corrected chi connectivity index (χ1v) is 10.5. The number of carbonyl (C=O) groups excluding carboxylic acids is 2. The summed E-state index contributed by atoms with van der Waals surface area (Å²) < 4.78 is 1.80. The number of carbonyl (C=O) groups is 2. The van der Waals surface area contributed by atoms with Crippen LogP contribution in [0.25, 0.3) is 10.6 Å². The van der Waals surface area contributed by atoms with Crippen molar-refractivity contribution in [3.8, 4) is 10.6 Å². The van der Waals surface area contributed by atoms with Gasteiger partial charge in [-0.2, -0.15) is 0 Å². The second-order valence-corrected chi connectivity index (χ2v) is 8.23. The van der Waals surface area contributed by atoms with Crippen molar-refractivity contribution in [2.75, 3.05) is 19.6 Å². The normalized spacial score (nSPS) is 17.0. The van der Waals surface area contributed by atoms with Crippen LogP contribution in [-0.2, 0) is 11.3 Å². The molecule has 2 fully saturated rings. The molecule has 2 saturated heterocycles. The van der Waals surface area contributed by atoms with Crippen LogP contribution in [0.4, 0.5) is 0 Å². The Morgan fingerprint density at radius 3 is 2.79 bits per heavy atom. The average Bonchev–Trinajstić information content (AvgIpc) is 3.44. The second kappa shape index (κ2) is 7.40. The van der Waals surface area contributed by atoms with Crippen LogP contribution < -0.4 is 0 Å². The molecule has 0 saturated carbocycles. The van der Waals surface area contributed by atoms with Crippen LogP contribution in [0.1, 0.15) is 35.1 Å². The van der Waals surface area contributed by atoms with E-state index in [1.54, 1.807) is 9.58 Å². The van der Waals surface area contributed by atoms with Crippen LogP contribution in [0.5, 0.6) is 0 Å². The Hall–Kier alpha value is -3.07. The highest BCUT2D eigenvalue weighted by atomic mass is 32.1. The summed E-state index contributed by atoms with van der Waals surface area (Å²) in [5.41, 5.74) is 2.29. The summed E-state index contributed by atoms with van der Waals surface area (Å²) in [7, 11) is 0. The van der Waals surface area contributed by atoms with E-state index >= 15 is 0 Å². The van der Waals surface area contributed by atoms with Gasteiger partial charge in [0.2, 0.25) is 5.91 Å². The van der Waals surface area contributed by atoms with Gasteiger partial charge in [0.15, 0.2) is 0 Å². The Labute approximate surface area is 171 Å². The minimum Gasteiger partial charge on any atom is -0.337 e. The third-order valence-electron chi connectivity index (χ3n) is 5.35. The number of amides is 2. The molecule has 2 amide bonds. The molecule has 0 N–H and O–H groups in total. The van der Waals surface area contributed by atoms with Crippen molar-refractivity contribution in [2.24, 2.45) is 0 Å². The van der Waals surface area contributed by atoms with Gasteiger partial charge in [0, 0.05) is 37.0 Å². The van der Waals surface area contributed by atoms with Gasteiger partial charge in [-0.15, -0.1) is 16.4 Å². The molecule has 4 heterocycles. The monoisotopic (exact) mass is 408 g/mol. The Kier molecular flexibility index (Phi) is 4.59. The van der Waals surface area contributed by atoms with Crippen LogP contribution in [0.2, 0.25) is 0 Å². The molecule has 2 aromatic heterocycles. The maximum Gasteiger partial charge on any atom is 0.273 e. The molecule has 0 spiro atoms. The molecule has 2 aliphatic heterocycles. The SMILES string of the molecule is O=C1CCCN1Cc1cn(C2CN(C(=O)c3csc(-c4ccccc4)n3)C2)nn1. The number of nitrogens with zero attached hydrogens (tertiary/aromatic N) is 6. The molecule has 29 heavy (non-hydrogen) atoms. The lowest BCUT2D eigenvalue weighted by molar-refractivity contribution is -0.128. The van der Waals surface area contributed by atoms with Gasteiger partial charge in [0.25, 0.3) is 5.91 Å². The van der Waals surface area contributed by atoms with E-state index in [1.807, 2.05) is 46.8 Å². The Balaban J connectivity index is 1.19. The second-order valence-electron chi connectivity index (χ2n) is 7.38. The van der Waals surface area contributed by atoms with E-state index < -0.39 is 0 Å². The van der Waals surface area contributed by atoms with E-state index in [0.717, 1.165) is 29.2 Å². The van der Waals surface area contributed by atoms with Gasteiger partial charge < -0.3 is 9.80 Å². The molecule has 8 nitrogen and oxygen atoms in total. The molecule has 148 valence electrons. The van der Waals surface area contributed by atoms with E-state index in [1.165, 1.54) is 11.3 Å². The van der Waals surface area contributed by atoms with Crippen LogP contribution >= 0.6 is 11.3 Å². The van der Waals surface area contributed by atoms with Gasteiger partial charge in [0.05, 0.1) is 18.8 Å². The van der Waals surface area contributed by atoms with Crippen LogP contribution in [-0.4, -0.2) is 61.2 Å². The van der Waals surface area contributed by atoms with E-state index in [-0.39, 0.29) is 17.9 Å². The van der Waals surface area contributed by atoms with Gasteiger partial charge in [0.1, 0.15) is 16.4 Å². The highest BCUT2D eigenvalue weighted by molar-refractivity contribution is 7.13. The summed E-state index contributed by atoms with van der Waals surface area (Å²) in [5, 5.41) is 11.0. The van der Waals surface area contributed by atoms with Gasteiger partial charge in [-0.25, -0.2) is 9.67 Å². The number of likely N-dealkylation sites (tertiary alicyclic amines) is 2. The first-order valence-electron chi connectivity index (χ1n) is 9.66. The van der Waals surface area contributed by atoms with Gasteiger partial charge in [-0.05, 0) is 6.42 Å². The largest absolute Gasteiger partial charge is 0.337 e. The quantitative estimate of drug-likeness (QED) is 0.646. The van der Waals surface area contributed by atoms with Crippen molar-refractivity contribution >= 4 is 23.2 Å². The van der Waals surface area contributed by atoms with E-state index in [2.05, 4.69) is 15.3 Å². The molecule has 0 unspecified atom stereocenters. The minimum absolute atomic E-state index is 0.0531. The Bertz CT molecular complexity index is 1040. The van der Waals surface area contributed by atoms with E-state index in [9.17, 15) is 9.59 Å². The van der Waals surface area contributed by atoms with Crippen molar-refractivity contribution in [3.63, 3.8) is 0 Å². The van der Waals surface area contributed by atoms with Crippen molar-refractivity contribution in [2.45, 2.75) is 25.4 Å². The number of thiazole rings is 1. The summed E-state index contributed by atoms with van der Waals surface area (Å²) in [4.78, 5) is 32.6. The van der Waals surface area contributed by atoms with Crippen LogP contribution in [0.3, 0.4) is 0 Å². The topological polar surface area (TPSA) is 84.2 Å². The summed E-state index contributed by atoms with van der Waals surface area (Å²) in [5.74, 6) is 0.126. The third kappa shape index (κ3) is 3.53. The lowest BCUT2D eigenvalue weighted by Crippen LogP contribution is -2.51. The molecule has 0 radical (unpaired) electrons. The maximum absolute atomic E-state index is 12.7. The predicted molar refractivity (Wildman–Crippen MR) is 107 cm³/mol. The molecule has 1 aromatic carbocycles. The van der Waals surface area contributed by atoms with Crippen LogP contribution in [0, 0.1) is 0 Å². The predicted octanol–water partition coefficient (Wildman–Crippen LogP) is 2.22. The van der Waals surface area contributed by atoms with Crippen LogP contribution in [0.15, 0.2) is 41.9 Å². The zero-order valence-electron chi connectivity index (χ0n) is 15.8. The van der Waals surface area contributed by atoms with Gasteiger partial charge >= 0.3 is 0 Å². The standard InChI is InChI=1S/C20H20N6O2S/c27-18-7-4-8-24(18)9-15-10-26(23-22-15)16-11-25(12-16)20(28)17-13-29-19(21-17)14-5-2-1-3-6-14/h1-3,5-6,10,13,16H,4,7-9,11-12H2. The number of benzene rings is 1. The van der Waals surface area contributed by atoms with E-state index in [4.69, 9.17) is 0 Å². The lowest BCUT2D eigenvalue weighted by atomic mass is 10.1. The number of hydrogen-bond donors (Lipinski definition) is 0. The fraction of sp³-hybridized carbons (Fsp3) is 0.350. The van der Waals surface area contributed by atoms with Crippen molar-refractivity contribution in [3.05, 3.63) is 53.3 Å². The number of aromatic nitrogens is 4. The smallest absolute Gasteiger partial charge is 0.273 e. The Morgan fingerprint density at radius 2 is 2.03 bits per heavy atom. The molecule has 0 atom stereocenters. The fourth-order valence-corrected chi connectivity index (χ4v) is 4.47. The summed E-state index contributed by atoms with van der Waals surface area (Å²) in [6.07, 6.45) is 3.42. The molecule has 0 aliphatic carbocycles.